The van der Waals surface area contributed by atoms with Gasteiger partial charge in [-0.3, -0.25) is 0 Å². The normalized spacial score (nSPS) is 9.63. The predicted octanol–water partition coefficient (Wildman–Crippen LogP) is 2.70. The van der Waals surface area contributed by atoms with Crippen molar-refractivity contribution in [2.24, 2.45) is 0 Å². The maximum atomic E-state index is 12.5. The second-order valence-electron chi connectivity index (χ2n) is 4.21. The number of phenols is 2. The van der Waals surface area contributed by atoms with Crippen molar-refractivity contribution in [3.63, 3.8) is 0 Å². The van der Waals surface area contributed by atoms with Crippen molar-refractivity contribution >= 4 is 11.4 Å². The summed E-state index contributed by atoms with van der Waals surface area (Å²) < 4.78 is 12.5. The molecule has 0 saturated carbocycles. The van der Waals surface area contributed by atoms with Gasteiger partial charge in [0.2, 0.25) is 0 Å². The van der Waals surface area contributed by atoms with Gasteiger partial charge in [0.1, 0.15) is 17.3 Å². The van der Waals surface area contributed by atoms with Crippen LogP contribution < -0.4 is 11.5 Å². The van der Waals surface area contributed by atoms with Crippen LogP contribution in [0.4, 0.5) is 15.8 Å². The Kier molecular flexibility index (Phi) is 4.58. The van der Waals surface area contributed by atoms with Gasteiger partial charge in [-0.05, 0) is 37.1 Å². The van der Waals surface area contributed by atoms with Crippen LogP contribution in [0.3, 0.4) is 0 Å². The summed E-state index contributed by atoms with van der Waals surface area (Å²) in [6, 6.07) is 7.48. The number of hydrogen-bond acceptors (Lipinski definition) is 4. The Morgan fingerprint density at radius 2 is 1.47 bits per heavy atom. The molecule has 0 aliphatic rings. The summed E-state index contributed by atoms with van der Waals surface area (Å²) in [7, 11) is 0. The summed E-state index contributed by atoms with van der Waals surface area (Å²) >= 11 is 0. The number of aryl methyl sites for hydroxylation is 2. The number of hydrogen-bond donors (Lipinski definition) is 4. The molecule has 0 aliphatic carbocycles. The van der Waals surface area contributed by atoms with Crippen molar-refractivity contribution in [3.05, 3.63) is 47.3 Å². The minimum absolute atomic E-state index is 0.0249. The fourth-order valence-corrected chi connectivity index (χ4v) is 1.30. The van der Waals surface area contributed by atoms with Gasteiger partial charge in [0.15, 0.2) is 0 Å². The molecular weight excluding hydrogens is 247 g/mol. The molecule has 0 saturated heterocycles. The van der Waals surface area contributed by atoms with Gasteiger partial charge in [-0.25, -0.2) is 4.39 Å². The highest BCUT2D eigenvalue weighted by molar-refractivity contribution is 5.48. The van der Waals surface area contributed by atoms with Crippen LogP contribution in [0.5, 0.6) is 11.5 Å². The molecule has 2 aromatic carbocycles. The Morgan fingerprint density at radius 1 is 0.895 bits per heavy atom. The Bertz CT molecular complexity index is 536. The topological polar surface area (TPSA) is 92.5 Å². The van der Waals surface area contributed by atoms with Gasteiger partial charge in [0.05, 0.1) is 5.69 Å². The van der Waals surface area contributed by atoms with E-state index in [1.54, 1.807) is 19.1 Å². The van der Waals surface area contributed by atoms with Gasteiger partial charge in [-0.2, -0.15) is 0 Å². The zero-order valence-corrected chi connectivity index (χ0v) is 10.8. The Balaban J connectivity index is 0.000000191. The summed E-state index contributed by atoms with van der Waals surface area (Å²) in [4.78, 5) is 0. The Labute approximate surface area is 111 Å². The predicted molar refractivity (Wildman–Crippen MR) is 74.5 cm³/mol. The Morgan fingerprint density at radius 3 is 1.95 bits per heavy atom. The highest BCUT2D eigenvalue weighted by Crippen LogP contribution is 2.21. The molecule has 102 valence electrons. The molecular formula is C14H17FN2O2. The van der Waals surface area contributed by atoms with Crippen molar-refractivity contribution in [3.8, 4) is 11.5 Å². The molecule has 0 unspecified atom stereocenters. The van der Waals surface area contributed by atoms with E-state index in [4.69, 9.17) is 21.7 Å². The first-order chi connectivity index (χ1) is 8.81. The molecule has 0 spiro atoms. The minimum Gasteiger partial charge on any atom is -0.508 e. The zero-order valence-electron chi connectivity index (χ0n) is 10.8. The lowest BCUT2D eigenvalue weighted by Gasteiger charge is -2.00. The van der Waals surface area contributed by atoms with Crippen molar-refractivity contribution in [2.75, 3.05) is 11.5 Å². The maximum absolute atomic E-state index is 12.5. The van der Waals surface area contributed by atoms with Gasteiger partial charge in [0.25, 0.3) is 0 Å². The average molecular weight is 264 g/mol. The van der Waals surface area contributed by atoms with E-state index in [9.17, 15) is 4.39 Å². The third-order valence-electron chi connectivity index (χ3n) is 2.55. The molecule has 2 aromatic rings. The first-order valence-electron chi connectivity index (χ1n) is 5.61. The van der Waals surface area contributed by atoms with E-state index in [1.807, 2.05) is 6.92 Å². The van der Waals surface area contributed by atoms with E-state index >= 15 is 0 Å². The van der Waals surface area contributed by atoms with Gasteiger partial charge in [-0.1, -0.05) is 6.07 Å². The van der Waals surface area contributed by atoms with Crippen LogP contribution in [0.25, 0.3) is 0 Å². The lowest BCUT2D eigenvalue weighted by atomic mass is 10.2. The van der Waals surface area contributed by atoms with Crippen molar-refractivity contribution < 1.29 is 14.6 Å². The summed E-state index contributed by atoms with van der Waals surface area (Å²) in [5.41, 5.74) is 12.4. The molecule has 0 radical (unpaired) electrons. The van der Waals surface area contributed by atoms with Crippen molar-refractivity contribution in [2.45, 2.75) is 13.8 Å². The molecule has 0 fully saturated rings. The highest BCUT2D eigenvalue weighted by Gasteiger charge is 2.01. The Hall–Kier alpha value is -2.43. The van der Waals surface area contributed by atoms with Crippen LogP contribution in [0.15, 0.2) is 30.3 Å². The monoisotopic (exact) mass is 264 g/mol. The molecule has 0 bridgehead atoms. The number of phenolic OH excluding ortho intramolecular Hbond substituents is 2. The fraction of sp³-hybridized carbons (Fsp3) is 0.143. The maximum Gasteiger partial charge on any atom is 0.146 e. The standard InChI is InChI=1S/C7H8FNO.C7H9NO/c1-4-2-5(8)6(9)3-7(4)10;1-5-2-3-6(8)4-7(5)9/h2-3,10H,9H2,1H3;2-4,9H,8H2,1H3. The highest BCUT2D eigenvalue weighted by atomic mass is 19.1. The second kappa shape index (κ2) is 5.95. The second-order valence-corrected chi connectivity index (χ2v) is 4.21. The average Bonchev–Trinajstić information content (AvgIpc) is 2.33. The van der Waals surface area contributed by atoms with E-state index in [2.05, 4.69) is 0 Å². The van der Waals surface area contributed by atoms with Crippen LogP contribution in [-0.2, 0) is 0 Å². The number of nitrogens with two attached hydrogens (primary N) is 2. The third-order valence-corrected chi connectivity index (χ3v) is 2.55. The molecule has 5 heteroatoms. The number of nitrogen functional groups attached to an aromatic ring is 2. The minimum atomic E-state index is -0.490. The number of aromatic hydroxyl groups is 2. The zero-order chi connectivity index (χ0) is 14.6. The molecule has 0 amide bonds. The smallest absolute Gasteiger partial charge is 0.146 e. The molecule has 6 N–H and O–H groups in total. The van der Waals surface area contributed by atoms with Gasteiger partial charge < -0.3 is 21.7 Å². The lowest BCUT2D eigenvalue weighted by Crippen LogP contribution is -1.90. The first kappa shape index (κ1) is 14.6. The molecule has 0 heterocycles. The molecule has 0 atom stereocenters. The summed E-state index contributed by atoms with van der Waals surface area (Å²) in [6.07, 6.45) is 0. The fourth-order valence-electron chi connectivity index (χ4n) is 1.30. The SMILES string of the molecule is Cc1cc(F)c(N)cc1O.Cc1ccc(N)cc1O. The number of benzene rings is 2. The number of rotatable bonds is 0. The number of halogens is 1. The molecule has 4 nitrogen and oxygen atoms in total. The van der Waals surface area contributed by atoms with E-state index in [0.29, 0.717) is 11.3 Å². The summed E-state index contributed by atoms with van der Waals surface area (Å²) in [6.45, 7) is 3.44. The third kappa shape index (κ3) is 4.06. The first-order valence-corrected chi connectivity index (χ1v) is 5.61. The van der Waals surface area contributed by atoms with Gasteiger partial charge in [-0.15, -0.1) is 0 Å². The van der Waals surface area contributed by atoms with Crippen LogP contribution in [0, 0.1) is 19.7 Å². The van der Waals surface area contributed by atoms with E-state index < -0.39 is 5.82 Å². The molecule has 0 aliphatic heterocycles. The van der Waals surface area contributed by atoms with Crippen LogP contribution in [0.2, 0.25) is 0 Å². The van der Waals surface area contributed by atoms with Crippen molar-refractivity contribution in [1.82, 2.24) is 0 Å². The lowest BCUT2D eigenvalue weighted by molar-refractivity contribution is 0.469. The van der Waals surface area contributed by atoms with E-state index in [0.717, 1.165) is 5.56 Å². The molecule has 19 heavy (non-hydrogen) atoms. The van der Waals surface area contributed by atoms with Gasteiger partial charge >= 0.3 is 0 Å². The van der Waals surface area contributed by atoms with Crippen LogP contribution >= 0.6 is 0 Å². The van der Waals surface area contributed by atoms with Crippen molar-refractivity contribution in [1.29, 1.82) is 0 Å². The summed E-state index contributed by atoms with van der Waals surface area (Å²) in [5.74, 6) is -0.204. The van der Waals surface area contributed by atoms with Crippen LogP contribution in [-0.4, -0.2) is 10.2 Å². The largest absolute Gasteiger partial charge is 0.508 e. The summed E-state index contributed by atoms with van der Waals surface area (Å²) in [5, 5.41) is 18.0. The molecule has 2 rings (SSSR count). The van der Waals surface area contributed by atoms with Gasteiger partial charge in [0, 0.05) is 17.8 Å². The quantitative estimate of drug-likeness (QED) is 0.550. The van der Waals surface area contributed by atoms with Crippen LogP contribution in [0.1, 0.15) is 11.1 Å². The van der Waals surface area contributed by atoms with E-state index in [-0.39, 0.29) is 17.2 Å². The molecule has 0 aromatic heterocycles. The number of anilines is 2. The van der Waals surface area contributed by atoms with E-state index in [1.165, 1.54) is 18.2 Å².